The fraction of sp³-hybridized carbons (Fsp3) is 0.423. The van der Waals surface area contributed by atoms with Gasteiger partial charge in [-0.3, -0.25) is 9.59 Å². The molecule has 2 fully saturated rings. The molecular formula is C26H26F2N2O5. The second kappa shape index (κ2) is 8.94. The summed E-state index contributed by atoms with van der Waals surface area (Å²) in [5.74, 6) is -7.75. The molecule has 2 amide bonds. The zero-order chi connectivity index (χ0) is 24.7. The Morgan fingerprint density at radius 3 is 2.20 bits per heavy atom. The van der Waals surface area contributed by atoms with Gasteiger partial charge < -0.3 is 20.1 Å². The second-order valence-corrected chi connectivity index (χ2v) is 9.57. The van der Waals surface area contributed by atoms with Gasteiger partial charge in [-0.05, 0) is 34.6 Å². The van der Waals surface area contributed by atoms with E-state index in [-0.39, 0.29) is 18.4 Å². The third-order valence-electron chi connectivity index (χ3n) is 7.12. The predicted octanol–water partition coefficient (Wildman–Crippen LogP) is 3.87. The number of fused-ring (bicyclic) bond motifs is 3. The standard InChI is InChI=1S/C26H26F2N2O5/c27-26(28)14-30(12-21(26)24(32)33)23(31)22(11-15-9-10-15)29-25(34)35-13-20-18-7-3-1-5-16(18)17-6-2-4-8-19(17)20/h1-8,15,20-22H,9-14H2,(H,29,34)(H,32,33)/t21?,22-/m0/s1. The SMILES string of the molecule is O=C(N[C@@H](CC1CC1)C(=O)N1CC(C(=O)O)C(F)(F)C1)OCC1c2ccccc2-c2ccccc21. The maximum absolute atomic E-state index is 14.1. The minimum absolute atomic E-state index is 0.0626. The van der Waals surface area contributed by atoms with Crippen LogP contribution in [0.1, 0.15) is 36.3 Å². The molecule has 0 radical (unpaired) electrons. The Labute approximate surface area is 201 Å². The Morgan fingerprint density at radius 2 is 1.66 bits per heavy atom. The molecule has 2 aliphatic carbocycles. The predicted molar refractivity (Wildman–Crippen MR) is 122 cm³/mol. The maximum Gasteiger partial charge on any atom is 0.407 e. The molecule has 35 heavy (non-hydrogen) atoms. The van der Waals surface area contributed by atoms with Crippen molar-refractivity contribution in [3.05, 3.63) is 59.7 Å². The molecule has 0 spiro atoms. The molecule has 2 aromatic carbocycles. The van der Waals surface area contributed by atoms with Crippen molar-refractivity contribution in [2.45, 2.75) is 37.1 Å². The molecule has 9 heteroatoms. The molecule has 7 nitrogen and oxygen atoms in total. The number of alkyl halides is 2. The summed E-state index contributed by atoms with van der Waals surface area (Å²) < 4.78 is 33.8. The number of amides is 2. The first-order chi connectivity index (χ1) is 16.7. The largest absolute Gasteiger partial charge is 0.481 e. The Morgan fingerprint density at radius 1 is 1.06 bits per heavy atom. The highest BCUT2D eigenvalue weighted by atomic mass is 19.3. The molecule has 184 valence electrons. The lowest BCUT2D eigenvalue weighted by Crippen LogP contribution is -2.49. The average molecular weight is 484 g/mol. The van der Waals surface area contributed by atoms with Gasteiger partial charge in [-0.2, -0.15) is 0 Å². The van der Waals surface area contributed by atoms with E-state index < -0.39 is 48.9 Å². The molecule has 2 atom stereocenters. The van der Waals surface area contributed by atoms with E-state index in [1.165, 1.54) is 0 Å². The first-order valence-corrected chi connectivity index (χ1v) is 11.8. The van der Waals surface area contributed by atoms with Crippen LogP contribution in [0.5, 0.6) is 0 Å². The Bertz CT molecular complexity index is 1120. The summed E-state index contributed by atoms with van der Waals surface area (Å²) >= 11 is 0. The average Bonchev–Trinajstić information content (AvgIpc) is 3.50. The number of ether oxygens (including phenoxy) is 1. The Hall–Kier alpha value is -3.49. The van der Waals surface area contributed by atoms with Crippen LogP contribution in [0.3, 0.4) is 0 Å². The molecule has 0 aromatic heterocycles. The summed E-state index contributed by atoms with van der Waals surface area (Å²) in [4.78, 5) is 37.8. The maximum atomic E-state index is 14.1. The zero-order valence-electron chi connectivity index (χ0n) is 19.0. The monoisotopic (exact) mass is 484 g/mol. The highest BCUT2D eigenvalue weighted by Gasteiger charge is 2.54. The van der Waals surface area contributed by atoms with Gasteiger partial charge in [0.15, 0.2) is 0 Å². The van der Waals surface area contributed by atoms with E-state index in [9.17, 15) is 23.2 Å². The lowest BCUT2D eigenvalue weighted by Gasteiger charge is -2.24. The number of alkyl carbamates (subject to hydrolysis) is 1. The zero-order valence-corrected chi connectivity index (χ0v) is 19.0. The number of likely N-dealkylation sites (tertiary alicyclic amines) is 1. The Balaban J connectivity index is 1.25. The highest BCUT2D eigenvalue weighted by Crippen LogP contribution is 2.44. The second-order valence-electron chi connectivity index (χ2n) is 9.57. The van der Waals surface area contributed by atoms with E-state index in [4.69, 9.17) is 9.84 Å². The van der Waals surface area contributed by atoms with Crippen LogP contribution in [0.25, 0.3) is 11.1 Å². The summed E-state index contributed by atoms with van der Waals surface area (Å²) in [6.45, 7) is -1.50. The van der Waals surface area contributed by atoms with E-state index in [1.807, 2.05) is 48.5 Å². The van der Waals surface area contributed by atoms with Gasteiger partial charge in [0.2, 0.25) is 5.91 Å². The lowest BCUT2D eigenvalue weighted by atomic mass is 9.98. The summed E-state index contributed by atoms with van der Waals surface area (Å²) in [6.07, 6.45) is 1.29. The third kappa shape index (κ3) is 4.59. The van der Waals surface area contributed by atoms with Gasteiger partial charge in [-0.25, -0.2) is 13.6 Å². The topological polar surface area (TPSA) is 95.9 Å². The third-order valence-corrected chi connectivity index (χ3v) is 7.12. The van der Waals surface area contributed by atoms with Crippen LogP contribution in [0.4, 0.5) is 13.6 Å². The number of aliphatic carboxylic acids is 1. The van der Waals surface area contributed by atoms with Crippen LogP contribution >= 0.6 is 0 Å². The highest BCUT2D eigenvalue weighted by molar-refractivity contribution is 5.87. The minimum atomic E-state index is -3.52. The molecule has 1 heterocycles. The van der Waals surface area contributed by atoms with Crippen molar-refractivity contribution in [2.24, 2.45) is 11.8 Å². The van der Waals surface area contributed by atoms with Crippen LogP contribution in [0, 0.1) is 11.8 Å². The summed E-state index contributed by atoms with van der Waals surface area (Å²) in [6, 6.07) is 14.8. The number of carboxylic acid groups (broad SMARTS) is 1. The number of carbonyl (C=O) groups is 3. The van der Waals surface area contributed by atoms with Crippen molar-refractivity contribution in [3.63, 3.8) is 0 Å². The summed E-state index contributed by atoms with van der Waals surface area (Å²) in [5.41, 5.74) is 4.26. The molecule has 3 aliphatic rings. The van der Waals surface area contributed by atoms with Gasteiger partial charge in [0, 0.05) is 12.5 Å². The lowest BCUT2D eigenvalue weighted by molar-refractivity contribution is -0.151. The van der Waals surface area contributed by atoms with E-state index >= 15 is 0 Å². The fourth-order valence-corrected chi connectivity index (χ4v) is 5.12. The molecule has 5 rings (SSSR count). The fourth-order valence-electron chi connectivity index (χ4n) is 5.12. The minimum Gasteiger partial charge on any atom is -0.481 e. The number of nitrogens with zero attached hydrogens (tertiary/aromatic N) is 1. The van der Waals surface area contributed by atoms with E-state index in [0.717, 1.165) is 40.0 Å². The van der Waals surface area contributed by atoms with Gasteiger partial charge in [-0.1, -0.05) is 61.4 Å². The van der Waals surface area contributed by atoms with Crippen molar-refractivity contribution in [2.75, 3.05) is 19.7 Å². The molecular weight excluding hydrogens is 458 g/mol. The molecule has 2 N–H and O–H groups in total. The normalized spacial score (nSPS) is 21.2. The van der Waals surface area contributed by atoms with Crippen molar-refractivity contribution < 1.29 is 33.0 Å². The van der Waals surface area contributed by atoms with E-state index in [0.29, 0.717) is 6.42 Å². The van der Waals surface area contributed by atoms with Gasteiger partial charge >= 0.3 is 12.1 Å². The van der Waals surface area contributed by atoms with Crippen molar-refractivity contribution in [3.8, 4) is 11.1 Å². The molecule has 1 aliphatic heterocycles. The first-order valence-electron chi connectivity index (χ1n) is 11.8. The van der Waals surface area contributed by atoms with Gasteiger partial charge in [0.1, 0.15) is 18.6 Å². The number of nitrogens with one attached hydrogen (secondary N) is 1. The van der Waals surface area contributed by atoms with Crippen LogP contribution in [0.2, 0.25) is 0 Å². The first kappa shape index (κ1) is 23.3. The molecule has 1 unspecified atom stereocenters. The van der Waals surface area contributed by atoms with Crippen LogP contribution in [-0.4, -0.2) is 59.6 Å². The number of benzene rings is 2. The van der Waals surface area contributed by atoms with Crippen molar-refractivity contribution in [1.29, 1.82) is 0 Å². The number of carboxylic acids is 1. The number of carbonyl (C=O) groups excluding carboxylic acids is 2. The number of hydrogen-bond acceptors (Lipinski definition) is 4. The van der Waals surface area contributed by atoms with Gasteiger partial charge in [-0.15, -0.1) is 0 Å². The van der Waals surface area contributed by atoms with Crippen LogP contribution in [-0.2, 0) is 14.3 Å². The van der Waals surface area contributed by atoms with Crippen LogP contribution < -0.4 is 5.32 Å². The number of halogens is 2. The van der Waals surface area contributed by atoms with Gasteiger partial charge in [0.25, 0.3) is 5.92 Å². The van der Waals surface area contributed by atoms with Crippen LogP contribution in [0.15, 0.2) is 48.5 Å². The van der Waals surface area contributed by atoms with E-state index in [2.05, 4.69) is 5.32 Å². The molecule has 1 saturated carbocycles. The summed E-state index contributed by atoms with van der Waals surface area (Å²) in [7, 11) is 0. The molecule has 2 aromatic rings. The summed E-state index contributed by atoms with van der Waals surface area (Å²) in [5, 5.41) is 11.7. The van der Waals surface area contributed by atoms with Gasteiger partial charge in [0.05, 0.1) is 6.54 Å². The number of hydrogen-bond donors (Lipinski definition) is 2. The molecule has 1 saturated heterocycles. The molecule has 0 bridgehead atoms. The quantitative estimate of drug-likeness (QED) is 0.622. The smallest absolute Gasteiger partial charge is 0.407 e. The number of rotatable bonds is 7. The Kier molecular flexibility index (Phi) is 5.94. The van der Waals surface area contributed by atoms with E-state index in [1.54, 1.807) is 0 Å². The van der Waals surface area contributed by atoms with Crippen molar-refractivity contribution in [1.82, 2.24) is 10.2 Å². The van der Waals surface area contributed by atoms with Crippen molar-refractivity contribution >= 4 is 18.0 Å².